The van der Waals surface area contributed by atoms with E-state index >= 15 is 0 Å². The normalized spacial score (nSPS) is 18.8. The largest absolute Gasteiger partial charge is 0.480 e. The van der Waals surface area contributed by atoms with Gasteiger partial charge in [-0.2, -0.15) is 5.10 Å². The molecule has 1 atom stereocenters. The maximum absolute atomic E-state index is 11.7. The number of hydrogen-bond donors (Lipinski definition) is 1. The van der Waals surface area contributed by atoms with Gasteiger partial charge in [-0.15, -0.1) is 0 Å². The monoisotopic (exact) mass is 271 g/mol. The van der Waals surface area contributed by atoms with E-state index in [4.69, 9.17) is 0 Å². The van der Waals surface area contributed by atoms with E-state index in [9.17, 15) is 9.90 Å². The summed E-state index contributed by atoms with van der Waals surface area (Å²) in [4.78, 5) is 13.7. The average Bonchev–Trinajstić information content (AvgIpc) is 2.83. The first kappa shape index (κ1) is 12.9. The van der Waals surface area contributed by atoms with Crippen LogP contribution in [0.1, 0.15) is 22.7 Å². The average molecular weight is 271 g/mol. The molecular formula is C15H17N3O2. The van der Waals surface area contributed by atoms with Crippen LogP contribution in [0, 0.1) is 0 Å². The molecule has 1 aliphatic heterocycles. The molecule has 1 aromatic carbocycles. The third-order valence-corrected chi connectivity index (χ3v) is 3.76. The number of rotatable bonds is 3. The number of aliphatic carboxylic acids is 1. The van der Waals surface area contributed by atoms with Gasteiger partial charge >= 0.3 is 5.97 Å². The second-order valence-corrected chi connectivity index (χ2v) is 5.18. The molecule has 0 bridgehead atoms. The van der Waals surface area contributed by atoms with E-state index in [0.29, 0.717) is 6.54 Å². The molecule has 20 heavy (non-hydrogen) atoms. The highest BCUT2D eigenvalue weighted by molar-refractivity contribution is 5.76. The van der Waals surface area contributed by atoms with Gasteiger partial charge in [0, 0.05) is 31.9 Å². The smallest absolute Gasteiger partial charge is 0.325 e. The Labute approximate surface area is 117 Å². The molecule has 1 N–H and O–H groups in total. The van der Waals surface area contributed by atoms with Crippen LogP contribution in [0.25, 0.3) is 0 Å². The van der Waals surface area contributed by atoms with Crippen LogP contribution in [-0.4, -0.2) is 32.3 Å². The molecule has 0 amide bonds. The second kappa shape index (κ2) is 5.09. The van der Waals surface area contributed by atoms with E-state index in [2.05, 4.69) is 5.10 Å². The van der Waals surface area contributed by atoms with Crippen molar-refractivity contribution >= 4 is 5.97 Å². The van der Waals surface area contributed by atoms with Gasteiger partial charge in [0.15, 0.2) is 0 Å². The lowest BCUT2D eigenvalue weighted by molar-refractivity contribution is -0.144. The first-order valence-electron chi connectivity index (χ1n) is 6.67. The summed E-state index contributed by atoms with van der Waals surface area (Å²) in [5, 5.41) is 13.7. The number of carbonyl (C=O) groups is 1. The van der Waals surface area contributed by atoms with Gasteiger partial charge in [0.25, 0.3) is 0 Å². The summed E-state index contributed by atoms with van der Waals surface area (Å²) < 4.78 is 1.74. The standard InChI is InChI=1S/C15H17N3O2/c1-17-9-11(8-16-17)10-18-7-6-12-4-2-3-5-13(12)14(18)15(19)20/h2-5,8-9,14H,6-7,10H2,1H3,(H,19,20). The van der Waals surface area contributed by atoms with Crippen molar-refractivity contribution in [2.24, 2.45) is 7.05 Å². The predicted octanol–water partition coefficient (Wildman–Crippen LogP) is 1.60. The zero-order valence-electron chi connectivity index (χ0n) is 11.4. The summed E-state index contributed by atoms with van der Waals surface area (Å²) in [5.74, 6) is -0.791. The van der Waals surface area contributed by atoms with Crippen LogP contribution in [0.5, 0.6) is 0 Å². The number of aryl methyl sites for hydroxylation is 1. The van der Waals surface area contributed by atoms with E-state index in [-0.39, 0.29) is 0 Å². The summed E-state index contributed by atoms with van der Waals surface area (Å²) in [7, 11) is 1.86. The summed E-state index contributed by atoms with van der Waals surface area (Å²) in [5.41, 5.74) is 3.09. The lowest BCUT2D eigenvalue weighted by Gasteiger charge is -2.34. The minimum absolute atomic E-state index is 0.569. The Bertz CT molecular complexity index is 636. The number of fused-ring (bicyclic) bond motifs is 1. The fourth-order valence-electron chi connectivity index (χ4n) is 2.87. The summed E-state index contributed by atoms with van der Waals surface area (Å²) in [6.07, 6.45) is 4.61. The molecule has 0 aliphatic carbocycles. The van der Waals surface area contributed by atoms with Crippen molar-refractivity contribution in [3.63, 3.8) is 0 Å². The fourth-order valence-corrected chi connectivity index (χ4v) is 2.87. The van der Waals surface area contributed by atoms with Crippen molar-refractivity contribution in [3.05, 3.63) is 53.3 Å². The first-order chi connectivity index (χ1) is 9.65. The molecule has 3 rings (SSSR count). The lowest BCUT2D eigenvalue weighted by Crippen LogP contribution is -2.39. The van der Waals surface area contributed by atoms with Gasteiger partial charge in [-0.25, -0.2) is 0 Å². The number of nitrogens with zero attached hydrogens (tertiary/aromatic N) is 3. The van der Waals surface area contributed by atoms with Crippen molar-refractivity contribution in [3.8, 4) is 0 Å². The molecule has 5 nitrogen and oxygen atoms in total. The van der Waals surface area contributed by atoms with E-state index in [1.165, 1.54) is 0 Å². The van der Waals surface area contributed by atoms with Crippen LogP contribution in [0.3, 0.4) is 0 Å². The fraction of sp³-hybridized carbons (Fsp3) is 0.333. The van der Waals surface area contributed by atoms with Gasteiger partial charge in [0.2, 0.25) is 0 Å². The van der Waals surface area contributed by atoms with E-state index in [1.54, 1.807) is 10.9 Å². The van der Waals surface area contributed by atoms with Crippen LogP contribution < -0.4 is 0 Å². The van der Waals surface area contributed by atoms with Crippen molar-refractivity contribution < 1.29 is 9.90 Å². The molecule has 2 aromatic rings. The van der Waals surface area contributed by atoms with Crippen LogP contribution in [0.15, 0.2) is 36.7 Å². The number of carboxylic acids is 1. The van der Waals surface area contributed by atoms with Gasteiger partial charge < -0.3 is 5.11 Å². The van der Waals surface area contributed by atoms with E-state index in [0.717, 1.165) is 29.7 Å². The van der Waals surface area contributed by atoms with Crippen molar-refractivity contribution in [2.45, 2.75) is 19.0 Å². The Morgan fingerprint density at radius 2 is 2.25 bits per heavy atom. The van der Waals surface area contributed by atoms with E-state index in [1.807, 2.05) is 42.4 Å². The minimum Gasteiger partial charge on any atom is -0.480 e. The molecule has 5 heteroatoms. The molecule has 1 unspecified atom stereocenters. The van der Waals surface area contributed by atoms with Crippen LogP contribution in [0.4, 0.5) is 0 Å². The van der Waals surface area contributed by atoms with Gasteiger partial charge in [-0.1, -0.05) is 24.3 Å². The highest BCUT2D eigenvalue weighted by Crippen LogP contribution is 2.30. The summed E-state index contributed by atoms with van der Waals surface area (Å²) in [6, 6.07) is 7.24. The topological polar surface area (TPSA) is 58.4 Å². The second-order valence-electron chi connectivity index (χ2n) is 5.18. The van der Waals surface area contributed by atoms with Crippen LogP contribution in [0.2, 0.25) is 0 Å². The Morgan fingerprint density at radius 1 is 1.45 bits per heavy atom. The molecule has 104 valence electrons. The zero-order valence-corrected chi connectivity index (χ0v) is 11.4. The van der Waals surface area contributed by atoms with Gasteiger partial charge in [-0.05, 0) is 17.5 Å². The Balaban J connectivity index is 1.90. The SMILES string of the molecule is Cn1cc(CN2CCc3ccccc3C2C(=O)O)cn1. The molecule has 0 saturated heterocycles. The third-order valence-electron chi connectivity index (χ3n) is 3.76. The third kappa shape index (κ3) is 2.32. The Hall–Kier alpha value is -2.14. The summed E-state index contributed by atoms with van der Waals surface area (Å²) in [6.45, 7) is 1.36. The first-order valence-corrected chi connectivity index (χ1v) is 6.67. The van der Waals surface area contributed by atoms with Crippen molar-refractivity contribution in [2.75, 3.05) is 6.54 Å². The quantitative estimate of drug-likeness (QED) is 0.921. The molecule has 0 spiro atoms. The Kier molecular flexibility index (Phi) is 3.28. The maximum Gasteiger partial charge on any atom is 0.325 e. The number of benzene rings is 1. The van der Waals surface area contributed by atoms with Crippen molar-refractivity contribution in [1.82, 2.24) is 14.7 Å². The van der Waals surface area contributed by atoms with Crippen LogP contribution in [-0.2, 0) is 24.8 Å². The molecular weight excluding hydrogens is 254 g/mol. The molecule has 0 radical (unpaired) electrons. The van der Waals surface area contributed by atoms with Crippen LogP contribution >= 0.6 is 0 Å². The van der Waals surface area contributed by atoms with Gasteiger partial charge in [-0.3, -0.25) is 14.4 Å². The maximum atomic E-state index is 11.7. The minimum atomic E-state index is -0.791. The molecule has 1 aromatic heterocycles. The lowest BCUT2D eigenvalue weighted by atomic mass is 9.92. The van der Waals surface area contributed by atoms with Gasteiger partial charge in [0.05, 0.1) is 6.20 Å². The predicted molar refractivity (Wildman–Crippen MR) is 74.1 cm³/mol. The molecule has 2 heterocycles. The Morgan fingerprint density at radius 3 is 2.95 bits per heavy atom. The number of aromatic nitrogens is 2. The number of carboxylic acid groups (broad SMARTS) is 1. The highest BCUT2D eigenvalue weighted by atomic mass is 16.4. The number of hydrogen-bond acceptors (Lipinski definition) is 3. The summed E-state index contributed by atoms with van der Waals surface area (Å²) >= 11 is 0. The molecule has 0 saturated carbocycles. The molecule has 0 fully saturated rings. The molecule has 1 aliphatic rings. The van der Waals surface area contributed by atoms with E-state index < -0.39 is 12.0 Å². The van der Waals surface area contributed by atoms with Crippen molar-refractivity contribution in [1.29, 1.82) is 0 Å². The van der Waals surface area contributed by atoms with Gasteiger partial charge in [0.1, 0.15) is 6.04 Å². The zero-order chi connectivity index (χ0) is 14.1. The highest BCUT2D eigenvalue weighted by Gasteiger charge is 2.32.